The quantitative estimate of drug-likeness (QED) is 0.750. The highest BCUT2D eigenvalue weighted by Gasteiger charge is 2.36. The Balaban J connectivity index is 1.94. The molecule has 0 radical (unpaired) electrons. The first-order valence-electron chi connectivity index (χ1n) is 9.78. The molecule has 0 bridgehead atoms. The second-order valence-electron chi connectivity index (χ2n) is 8.44. The summed E-state index contributed by atoms with van der Waals surface area (Å²) in [5.41, 5.74) is 1.97. The number of rotatable bonds is 4. The van der Waals surface area contributed by atoms with Crippen LogP contribution < -0.4 is 19.7 Å². The maximum atomic E-state index is 13.0. The molecule has 31 heavy (non-hydrogen) atoms. The van der Waals surface area contributed by atoms with E-state index in [2.05, 4.69) is 10.0 Å². The van der Waals surface area contributed by atoms with Crippen molar-refractivity contribution in [3.63, 3.8) is 0 Å². The molecule has 3 rings (SSSR count). The van der Waals surface area contributed by atoms with E-state index in [1.165, 1.54) is 24.0 Å². The van der Waals surface area contributed by atoms with Gasteiger partial charge in [-0.1, -0.05) is 0 Å². The highest BCUT2D eigenvalue weighted by atomic mass is 32.2. The highest BCUT2D eigenvalue weighted by molar-refractivity contribution is 7.92. The molecule has 2 N–H and O–H groups in total. The largest absolute Gasteiger partial charge is 0.490 e. The zero-order valence-electron chi connectivity index (χ0n) is 18.5. The Labute approximate surface area is 182 Å². The van der Waals surface area contributed by atoms with Gasteiger partial charge in [-0.3, -0.25) is 14.3 Å². The summed E-state index contributed by atoms with van der Waals surface area (Å²) >= 11 is 0. The zero-order valence-corrected chi connectivity index (χ0v) is 19.3. The van der Waals surface area contributed by atoms with Gasteiger partial charge >= 0.3 is 0 Å². The van der Waals surface area contributed by atoms with Gasteiger partial charge in [0, 0.05) is 19.7 Å². The fourth-order valence-corrected chi connectivity index (χ4v) is 4.73. The van der Waals surface area contributed by atoms with Crippen molar-refractivity contribution in [2.75, 3.05) is 28.6 Å². The smallest absolute Gasteiger partial charge is 0.261 e. The number of aryl methyl sites for hydroxylation is 2. The lowest BCUT2D eigenvalue weighted by molar-refractivity contribution is -0.127. The third kappa shape index (κ3) is 4.51. The Morgan fingerprint density at radius 1 is 1.13 bits per heavy atom. The molecule has 1 aliphatic heterocycles. The minimum Gasteiger partial charge on any atom is -0.490 e. The van der Waals surface area contributed by atoms with E-state index in [1.807, 2.05) is 0 Å². The number of carbonyl (C=O) groups excluding carboxylic acids is 2. The lowest BCUT2D eigenvalue weighted by Crippen LogP contribution is -2.39. The number of ether oxygens (including phenoxy) is 1. The number of hydrogen-bond donors (Lipinski definition) is 2. The van der Waals surface area contributed by atoms with Crippen LogP contribution in [0.15, 0.2) is 35.2 Å². The summed E-state index contributed by atoms with van der Waals surface area (Å²) in [6.45, 7) is 8.70. The van der Waals surface area contributed by atoms with Crippen LogP contribution in [0.2, 0.25) is 0 Å². The van der Waals surface area contributed by atoms with Crippen LogP contribution in [0.1, 0.15) is 31.9 Å². The van der Waals surface area contributed by atoms with Gasteiger partial charge in [0.25, 0.3) is 10.0 Å². The minimum absolute atomic E-state index is 0.0772. The lowest BCUT2D eigenvalue weighted by Gasteiger charge is -2.24. The first kappa shape index (κ1) is 22.6. The molecule has 0 atom stereocenters. The summed E-state index contributed by atoms with van der Waals surface area (Å²) in [6.07, 6.45) is 0. The van der Waals surface area contributed by atoms with Gasteiger partial charge in [0.15, 0.2) is 0 Å². The number of fused-ring (bicyclic) bond motifs is 1. The molecule has 2 aromatic carbocycles. The predicted molar refractivity (Wildman–Crippen MR) is 120 cm³/mol. The minimum atomic E-state index is -3.90. The number of benzene rings is 2. The Hall–Kier alpha value is -3.07. The van der Waals surface area contributed by atoms with Gasteiger partial charge < -0.3 is 15.0 Å². The van der Waals surface area contributed by atoms with Crippen molar-refractivity contribution in [2.24, 2.45) is 5.41 Å². The molecule has 0 spiro atoms. The summed E-state index contributed by atoms with van der Waals surface area (Å²) in [5, 5.41) is 2.72. The number of anilines is 3. The van der Waals surface area contributed by atoms with Crippen LogP contribution in [-0.4, -0.2) is 33.9 Å². The van der Waals surface area contributed by atoms with Crippen molar-refractivity contribution in [1.82, 2.24) is 0 Å². The van der Waals surface area contributed by atoms with Crippen LogP contribution in [0, 0.1) is 19.3 Å². The Bertz CT molecular complexity index is 1150. The number of nitrogens with zero attached hydrogens (tertiary/aromatic N) is 1. The first-order valence-corrected chi connectivity index (χ1v) is 11.3. The number of hydrogen-bond acceptors (Lipinski definition) is 5. The number of sulfonamides is 1. The fraction of sp³-hybridized carbons (Fsp3) is 0.364. The van der Waals surface area contributed by atoms with Crippen LogP contribution in [0.3, 0.4) is 0 Å². The maximum absolute atomic E-state index is 13.0. The van der Waals surface area contributed by atoms with Gasteiger partial charge in [0.1, 0.15) is 12.4 Å². The van der Waals surface area contributed by atoms with Crippen LogP contribution in [0.25, 0.3) is 0 Å². The van der Waals surface area contributed by atoms with Crippen molar-refractivity contribution in [3.8, 4) is 5.75 Å². The molecule has 166 valence electrons. The normalized spacial score (nSPS) is 15.5. The van der Waals surface area contributed by atoms with Crippen LogP contribution in [-0.2, 0) is 19.6 Å². The highest BCUT2D eigenvalue weighted by Crippen LogP contribution is 2.38. The van der Waals surface area contributed by atoms with Crippen LogP contribution in [0.5, 0.6) is 5.75 Å². The van der Waals surface area contributed by atoms with Crippen molar-refractivity contribution >= 4 is 38.9 Å². The van der Waals surface area contributed by atoms with E-state index in [4.69, 9.17) is 4.74 Å². The standard InChI is InChI=1S/C22H27N3O5S/c1-13-9-17(10-14(2)20(13)23-15(3)26)31(28,29)24-16-7-8-19-18(11-16)25(6)21(27)22(4,5)12-30-19/h7-11,24H,12H2,1-6H3,(H,23,26). The van der Waals surface area contributed by atoms with Gasteiger partial charge in [-0.25, -0.2) is 8.42 Å². The molecule has 0 fully saturated rings. The Kier molecular flexibility index (Phi) is 5.75. The van der Waals surface area contributed by atoms with Gasteiger partial charge in [-0.15, -0.1) is 0 Å². The third-order valence-electron chi connectivity index (χ3n) is 5.16. The van der Waals surface area contributed by atoms with E-state index in [1.54, 1.807) is 52.9 Å². The van der Waals surface area contributed by atoms with Crippen molar-refractivity contribution < 1.29 is 22.7 Å². The first-order chi connectivity index (χ1) is 14.3. The molecule has 2 amide bonds. The number of nitrogens with one attached hydrogen (secondary N) is 2. The van der Waals surface area contributed by atoms with Gasteiger partial charge in [0.2, 0.25) is 11.8 Å². The molecule has 8 nitrogen and oxygen atoms in total. The van der Waals surface area contributed by atoms with Gasteiger partial charge in [-0.05, 0) is 69.2 Å². The average Bonchev–Trinajstić information content (AvgIpc) is 2.75. The van der Waals surface area contributed by atoms with E-state index in [0.717, 1.165) is 0 Å². The Morgan fingerprint density at radius 2 is 1.74 bits per heavy atom. The second-order valence-corrected chi connectivity index (χ2v) is 10.1. The molecule has 9 heteroatoms. The second kappa shape index (κ2) is 7.88. The summed E-state index contributed by atoms with van der Waals surface area (Å²) in [6, 6.07) is 7.83. The summed E-state index contributed by atoms with van der Waals surface area (Å²) in [5.74, 6) is 0.163. The van der Waals surface area contributed by atoms with E-state index in [0.29, 0.717) is 33.9 Å². The van der Waals surface area contributed by atoms with Crippen molar-refractivity contribution in [3.05, 3.63) is 41.5 Å². The molecule has 2 aromatic rings. The van der Waals surface area contributed by atoms with Crippen molar-refractivity contribution in [1.29, 1.82) is 0 Å². The van der Waals surface area contributed by atoms with Crippen LogP contribution >= 0.6 is 0 Å². The molecular weight excluding hydrogens is 418 g/mol. The topological polar surface area (TPSA) is 105 Å². The fourth-order valence-electron chi connectivity index (χ4n) is 3.51. The summed E-state index contributed by atoms with van der Waals surface area (Å²) in [4.78, 5) is 25.7. The molecule has 0 saturated heterocycles. The van der Waals surface area contributed by atoms with Crippen molar-refractivity contribution in [2.45, 2.75) is 39.5 Å². The molecule has 0 unspecified atom stereocenters. The monoisotopic (exact) mass is 445 g/mol. The molecular formula is C22H27N3O5S. The summed E-state index contributed by atoms with van der Waals surface area (Å²) in [7, 11) is -2.26. The van der Waals surface area contributed by atoms with E-state index in [9.17, 15) is 18.0 Å². The molecule has 0 aliphatic carbocycles. The van der Waals surface area contributed by atoms with Gasteiger partial charge in [-0.2, -0.15) is 0 Å². The molecule has 0 saturated carbocycles. The molecule has 1 aliphatic rings. The Morgan fingerprint density at radius 3 is 2.32 bits per heavy atom. The predicted octanol–water partition coefficient (Wildman–Crippen LogP) is 3.44. The van der Waals surface area contributed by atoms with E-state index in [-0.39, 0.29) is 23.3 Å². The lowest BCUT2D eigenvalue weighted by atomic mass is 9.93. The molecule has 0 aromatic heterocycles. The van der Waals surface area contributed by atoms with E-state index < -0.39 is 15.4 Å². The van der Waals surface area contributed by atoms with Crippen LogP contribution in [0.4, 0.5) is 17.1 Å². The average molecular weight is 446 g/mol. The third-order valence-corrected chi connectivity index (χ3v) is 6.52. The zero-order chi connectivity index (χ0) is 23.1. The summed E-state index contributed by atoms with van der Waals surface area (Å²) < 4.78 is 34.4. The maximum Gasteiger partial charge on any atom is 0.261 e. The molecule has 1 heterocycles. The number of carbonyl (C=O) groups is 2. The number of amides is 2. The van der Waals surface area contributed by atoms with Gasteiger partial charge in [0.05, 0.1) is 21.7 Å². The van der Waals surface area contributed by atoms with E-state index >= 15 is 0 Å². The SMILES string of the molecule is CC(=O)Nc1c(C)cc(S(=O)(=O)Nc2ccc3c(c2)N(C)C(=O)C(C)(C)CO3)cc1C.